The lowest BCUT2D eigenvalue weighted by molar-refractivity contribution is -0.140. The van der Waals surface area contributed by atoms with Crippen molar-refractivity contribution >= 4 is 11.9 Å². The summed E-state index contributed by atoms with van der Waals surface area (Å²) in [5.74, 6) is -1.01. The number of hydrogen-bond donors (Lipinski definition) is 2. The number of rotatable bonds is 7. The lowest BCUT2D eigenvalue weighted by atomic mass is 9.93. The Kier molecular flexibility index (Phi) is 4.70. The topological polar surface area (TPSA) is 101 Å². The van der Waals surface area contributed by atoms with Crippen molar-refractivity contribution in [2.45, 2.75) is 38.0 Å². The van der Waals surface area contributed by atoms with Crippen LogP contribution in [0.3, 0.4) is 0 Å². The fourth-order valence-electron chi connectivity index (χ4n) is 3.69. The molecular formula is C23H21NO5. The Morgan fingerprint density at radius 2 is 1.52 bits per heavy atom. The normalized spacial score (nSPS) is 14.5. The van der Waals surface area contributed by atoms with Crippen molar-refractivity contribution < 1.29 is 24.3 Å². The molecule has 29 heavy (non-hydrogen) atoms. The Balaban J connectivity index is 1.56. The fourth-order valence-corrected chi connectivity index (χ4v) is 3.69. The van der Waals surface area contributed by atoms with E-state index in [1.165, 1.54) is 0 Å². The first-order valence-corrected chi connectivity index (χ1v) is 9.52. The maximum atomic E-state index is 11.5. The average molecular weight is 391 g/mol. The molecule has 1 aliphatic carbocycles. The SMILES string of the molecule is Cc1noc(-c2ccc(-c3ccc(C4(C(=O)O)CC4)cc3)cc2)c1CCC(=O)O. The summed E-state index contributed by atoms with van der Waals surface area (Å²) in [6.07, 6.45) is 1.78. The van der Waals surface area contributed by atoms with Gasteiger partial charge >= 0.3 is 11.9 Å². The number of carbonyl (C=O) groups is 2. The predicted octanol–water partition coefficient (Wildman–Crippen LogP) is 4.45. The zero-order valence-electron chi connectivity index (χ0n) is 16.0. The van der Waals surface area contributed by atoms with Gasteiger partial charge in [-0.3, -0.25) is 9.59 Å². The number of aromatic nitrogens is 1. The van der Waals surface area contributed by atoms with Gasteiger partial charge in [0.15, 0.2) is 5.76 Å². The molecule has 0 radical (unpaired) electrons. The van der Waals surface area contributed by atoms with Crippen LogP contribution in [0, 0.1) is 6.92 Å². The summed E-state index contributed by atoms with van der Waals surface area (Å²) in [7, 11) is 0. The Bertz CT molecular complexity index is 1060. The molecule has 148 valence electrons. The molecule has 0 amide bonds. The van der Waals surface area contributed by atoms with E-state index in [2.05, 4.69) is 5.16 Å². The first kappa shape index (κ1) is 18.9. The molecule has 0 bridgehead atoms. The Morgan fingerprint density at radius 3 is 2.03 bits per heavy atom. The molecule has 1 aliphatic rings. The van der Waals surface area contributed by atoms with E-state index in [9.17, 15) is 14.7 Å². The quantitative estimate of drug-likeness (QED) is 0.617. The van der Waals surface area contributed by atoms with Gasteiger partial charge in [0, 0.05) is 17.5 Å². The molecule has 2 N–H and O–H groups in total. The molecular weight excluding hydrogens is 370 g/mol. The van der Waals surface area contributed by atoms with E-state index in [0.29, 0.717) is 30.7 Å². The van der Waals surface area contributed by atoms with Crippen LogP contribution in [-0.2, 0) is 21.4 Å². The number of carboxylic acids is 2. The summed E-state index contributed by atoms with van der Waals surface area (Å²) in [6, 6.07) is 15.5. The molecule has 0 saturated heterocycles. The third-order valence-corrected chi connectivity index (χ3v) is 5.65. The number of aryl methyl sites for hydroxylation is 1. The highest BCUT2D eigenvalue weighted by Gasteiger charge is 2.51. The lowest BCUT2D eigenvalue weighted by Gasteiger charge is -2.11. The largest absolute Gasteiger partial charge is 0.481 e. The molecule has 1 saturated carbocycles. The highest BCUT2D eigenvalue weighted by molar-refractivity contribution is 5.85. The maximum absolute atomic E-state index is 11.5. The Morgan fingerprint density at radius 1 is 0.966 bits per heavy atom. The molecule has 2 aromatic carbocycles. The second kappa shape index (κ2) is 7.20. The molecule has 4 rings (SSSR count). The van der Waals surface area contributed by atoms with Crippen molar-refractivity contribution in [2.75, 3.05) is 0 Å². The van der Waals surface area contributed by atoms with Gasteiger partial charge in [0.05, 0.1) is 11.1 Å². The van der Waals surface area contributed by atoms with Gasteiger partial charge in [-0.05, 0) is 42.9 Å². The average Bonchev–Trinajstić information content (AvgIpc) is 3.45. The molecule has 1 fully saturated rings. The van der Waals surface area contributed by atoms with E-state index >= 15 is 0 Å². The monoisotopic (exact) mass is 391 g/mol. The molecule has 0 unspecified atom stereocenters. The second-order valence-electron chi connectivity index (χ2n) is 7.51. The van der Waals surface area contributed by atoms with Gasteiger partial charge in [0.1, 0.15) is 0 Å². The minimum absolute atomic E-state index is 0.0251. The summed E-state index contributed by atoms with van der Waals surface area (Å²) < 4.78 is 5.44. The molecule has 1 heterocycles. The van der Waals surface area contributed by atoms with E-state index in [-0.39, 0.29) is 6.42 Å². The van der Waals surface area contributed by atoms with Crippen molar-refractivity contribution in [3.8, 4) is 22.5 Å². The van der Waals surface area contributed by atoms with Crippen LogP contribution >= 0.6 is 0 Å². The van der Waals surface area contributed by atoms with Gasteiger partial charge in [0.25, 0.3) is 0 Å². The van der Waals surface area contributed by atoms with E-state index < -0.39 is 17.4 Å². The van der Waals surface area contributed by atoms with Crippen molar-refractivity contribution in [1.29, 1.82) is 0 Å². The van der Waals surface area contributed by atoms with Crippen LogP contribution < -0.4 is 0 Å². The summed E-state index contributed by atoms with van der Waals surface area (Å²) in [5.41, 5.74) is 4.52. The van der Waals surface area contributed by atoms with E-state index in [1.54, 1.807) is 0 Å². The number of aliphatic carboxylic acids is 2. The van der Waals surface area contributed by atoms with Crippen LogP contribution in [0.1, 0.15) is 36.1 Å². The highest BCUT2D eigenvalue weighted by Crippen LogP contribution is 2.48. The van der Waals surface area contributed by atoms with Crippen molar-refractivity contribution in [3.63, 3.8) is 0 Å². The molecule has 6 nitrogen and oxygen atoms in total. The Labute approximate surface area is 167 Å². The van der Waals surface area contributed by atoms with Crippen LogP contribution in [0.2, 0.25) is 0 Å². The van der Waals surface area contributed by atoms with Gasteiger partial charge in [0.2, 0.25) is 0 Å². The lowest BCUT2D eigenvalue weighted by Crippen LogP contribution is -2.19. The summed E-state index contributed by atoms with van der Waals surface area (Å²) >= 11 is 0. The van der Waals surface area contributed by atoms with Crippen LogP contribution in [0.4, 0.5) is 0 Å². The zero-order chi connectivity index (χ0) is 20.6. The van der Waals surface area contributed by atoms with Crippen LogP contribution in [0.25, 0.3) is 22.5 Å². The van der Waals surface area contributed by atoms with Gasteiger partial charge in [-0.25, -0.2) is 0 Å². The number of nitrogens with zero attached hydrogens (tertiary/aromatic N) is 1. The third kappa shape index (κ3) is 3.53. The minimum atomic E-state index is -0.855. The second-order valence-corrected chi connectivity index (χ2v) is 7.51. The van der Waals surface area contributed by atoms with Crippen LogP contribution in [0.5, 0.6) is 0 Å². The Hall–Kier alpha value is -3.41. The van der Waals surface area contributed by atoms with Crippen molar-refractivity contribution in [1.82, 2.24) is 5.16 Å². The molecule has 0 spiro atoms. The van der Waals surface area contributed by atoms with Gasteiger partial charge in [-0.15, -0.1) is 0 Å². The first-order valence-electron chi connectivity index (χ1n) is 9.52. The zero-order valence-corrected chi connectivity index (χ0v) is 16.0. The molecule has 1 aromatic heterocycles. The number of carboxylic acid groups (broad SMARTS) is 2. The van der Waals surface area contributed by atoms with E-state index in [0.717, 1.165) is 27.8 Å². The van der Waals surface area contributed by atoms with Gasteiger partial charge < -0.3 is 14.7 Å². The van der Waals surface area contributed by atoms with Gasteiger partial charge in [-0.1, -0.05) is 53.7 Å². The predicted molar refractivity (Wildman–Crippen MR) is 107 cm³/mol. The summed E-state index contributed by atoms with van der Waals surface area (Å²) in [4.78, 5) is 22.4. The molecule has 6 heteroatoms. The summed E-state index contributed by atoms with van der Waals surface area (Å²) in [5, 5.41) is 22.4. The highest BCUT2D eigenvalue weighted by atomic mass is 16.5. The fraction of sp³-hybridized carbons (Fsp3) is 0.261. The van der Waals surface area contributed by atoms with Crippen molar-refractivity contribution in [2.24, 2.45) is 0 Å². The van der Waals surface area contributed by atoms with Crippen LogP contribution in [0.15, 0.2) is 53.1 Å². The third-order valence-electron chi connectivity index (χ3n) is 5.65. The summed E-state index contributed by atoms with van der Waals surface area (Å²) in [6.45, 7) is 1.81. The van der Waals surface area contributed by atoms with Crippen LogP contribution in [-0.4, -0.2) is 27.3 Å². The van der Waals surface area contributed by atoms with Crippen molar-refractivity contribution in [3.05, 3.63) is 65.4 Å². The van der Waals surface area contributed by atoms with E-state index in [4.69, 9.17) is 9.63 Å². The standard InChI is InChI=1S/C23H21NO5/c1-14-19(10-11-20(25)26)21(29-24-14)17-4-2-15(3-5-17)16-6-8-18(9-7-16)23(12-13-23)22(27)28/h2-9H,10-13H2,1H3,(H,25,26)(H,27,28). The van der Waals surface area contributed by atoms with E-state index in [1.807, 2.05) is 55.5 Å². The van der Waals surface area contributed by atoms with Gasteiger partial charge in [-0.2, -0.15) is 0 Å². The molecule has 0 aliphatic heterocycles. The maximum Gasteiger partial charge on any atom is 0.314 e. The molecule has 0 atom stereocenters. The number of hydrogen-bond acceptors (Lipinski definition) is 4. The smallest absolute Gasteiger partial charge is 0.314 e. The number of benzene rings is 2. The minimum Gasteiger partial charge on any atom is -0.481 e. The first-order chi connectivity index (χ1) is 13.9. The molecule has 3 aromatic rings.